The van der Waals surface area contributed by atoms with Crippen molar-refractivity contribution in [3.05, 3.63) is 30.4 Å². The van der Waals surface area contributed by atoms with Crippen molar-refractivity contribution >= 4 is 11.6 Å². The van der Waals surface area contributed by atoms with Gasteiger partial charge in [0.2, 0.25) is 5.91 Å². The van der Waals surface area contributed by atoms with E-state index in [0.717, 1.165) is 5.69 Å². The van der Waals surface area contributed by atoms with Crippen LogP contribution in [-0.2, 0) is 24.9 Å². The standard InChI is InChI=1S/C10H14N6O/c1-15-3-2-9(14-15)5-12-10(17)7-16-6-8(11)4-13-16/h2-4,6H,5,7,11H2,1H3,(H,12,17). The second-order valence-corrected chi connectivity index (χ2v) is 3.73. The zero-order valence-electron chi connectivity index (χ0n) is 9.50. The number of carbonyl (C=O) groups is 1. The van der Waals surface area contributed by atoms with Crippen LogP contribution in [0.2, 0.25) is 0 Å². The Morgan fingerprint density at radius 1 is 1.59 bits per heavy atom. The minimum absolute atomic E-state index is 0.126. The third kappa shape index (κ3) is 3.07. The van der Waals surface area contributed by atoms with Gasteiger partial charge in [-0.25, -0.2) is 0 Å². The van der Waals surface area contributed by atoms with Crippen LogP contribution in [0.15, 0.2) is 24.7 Å². The van der Waals surface area contributed by atoms with E-state index in [9.17, 15) is 4.79 Å². The van der Waals surface area contributed by atoms with Crippen molar-refractivity contribution in [2.24, 2.45) is 7.05 Å². The maximum absolute atomic E-state index is 11.6. The summed E-state index contributed by atoms with van der Waals surface area (Å²) in [6.45, 7) is 0.570. The fourth-order valence-corrected chi connectivity index (χ4v) is 1.42. The smallest absolute Gasteiger partial charge is 0.242 e. The van der Waals surface area contributed by atoms with Crippen molar-refractivity contribution in [3.63, 3.8) is 0 Å². The summed E-state index contributed by atoms with van der Waals surface area (Å²) in [5.41, 5.74) is 6.86. The summed E-state index contributed by atoms with van der Waals surface area (Å²) < 4.78 is 3.18. The maximum Gasteiger partial charge on any atom is 0.242 e. The van der Waals surface area contributed by atoms with E-state index in [4.69, 9.17) is 5.73 Å². The van der Waals surface area contributed by atoms with Crippen molar-refractivity contribution in [3.8, 4) is 0 Å². The van der Waals surface area contributed by atoms with Gasteiger partial charge in [-0.1, -0.05) is 0 Å². The molecule has 0 aliphatic carbocycles. The van der Waals surface area contributed by atoms with Gasteiger partial charge in [-0.3, -0.25) is 14.2 Å². The first kappa shape index (κ1) is 11.2. The molecule has 0 fully saturated rings. The van der Waals surface area contributed by atoms with E-state index in [2.05, 4.69) is 15.5 Å². The lowest BCUT2D eigenvalue weighted by molar-refractivity contribution is -0.122. The van der Waals surface area contributed by atoms with E-state index in [1.165, 1.54) is 10.9 Å². The lowest BCUT2D eigenvalue weighted by Gasteiger charge is -2.03. The SMILES string of the molecule is Cn1ccc(CNC(=O)Cn2cc(N)cn2)n1. The number of aromatic nitrogens is 4. The van der Waals surface area contributed by atoms with Gasteiger partial charge in [0, 0.05) is 19.4 Å². The minimum atomic E-state index is -0.126. The molecule has 0 saturated carbocycles. The molecule has 0 aromatic carbocycles. The van der Waals surface area contributed by atoms with E-state index in [-0.39, 0.29) is 12.5 Å². The van der Waals surface area contributed by atoms with Crippen LogP contribution < -0.4 is 11.1 Å². The molecular weight excluding hydrogens is 220 g/mol. The topological polar surface area (TPSA) is 90.8 Å². The second kappa shape index (κ2) is 4.69. The first-order valence-corrected chi connectivity index (χ1v) is 5.16. The molecule has 0 aliphatic heterocycles. The monoisotopic (exact) mass is 234 g/mol. The number of nitrogens with zero attached hydrogens (tertiary/aromatic N) is 4. The van der Waals surface area contributed by atoms with Gasteiger partial charge in [-0.15, -0.1) is 0 Å². The average Bonchev–Trinajstić information content (AvgIpc) is 2.85. The minimum Gasteiger partial charge on any atom is -0.396 e. The summed E-state index contributed by atoms with van der Waals surface area (Å²) in [5, 5.41) is 10.8. The van der Waals surface area contributed by atoms with Crippen LogP contribution in [0.1, 0.15) is 5.69 Å². The molecule has 90 valence electrons. The zero-order valence-corrected chi connectivity index (χ0v) is 9.50. The molecule has 0 atom stereocenters. The highest BCUT2D eigenvalue weighted by atomic mass is 16.2. The summed E-state index contributed by atoms with van der Waals surface area (Å²) in [6, 6.07) is 1.85. The summed E-state index contributed by atoms with van der Waals surface area (Å²) in [6.07, 6.45) is 4.95. The Balaban J connectivity index is 1.82. The van der Waals surface area contributed by atoms with Crippen molar-refractivity contribution in [1.29, 1.82) is 0 Å². The Labute approximate surface area is 98.2 Å². The van der Waals surface area contributed by atoms with Gasteiger partial charge in [-0.05, 0) is 6.07 Å². The van der Waals surface area contributed by atoms with E-state index >= 15 is 0 Å². The number of hydrogen-bond donors (Lipinski definition) is 2. The van der Waals surface area contributed by atoms with Crippen LogP contribution >= 0.6 is 0 Å². The summed E-state index contributed by atoms with van der Waals surface area (Å²) in [5.74, 6) is -0.126. The molecule has 2 aromatic heterocycles. The van der Waals surface area contributed by atoms with Crippen molar-refractivity contribution in [1.82, 2.24) is 24.9 Å². The number of amides is 1. The van der Waals surface area contributed by atoms with Gasteiger partial charge in [0.05, 0.1) is 24.1 Å². The summed E-state index contributed by atoms with van der Waals surface area (Å²) in [4.78, 5) is 11.6. The third-order valence-corrected chi connectivity index (χ3v) is 2.19. The maximum atomic E-state index is 11.6. The van der Waals surface area contributed by atoms with Crippen LogP contribution in [0.25, 0.3) is 0 Å². The molecule has 2 aromatic rings. The zero-order chi connectivity index (χ0) is 12.3. The van der Waals surface area contributed by atoms with Crippen molar-refractivity contribution in [2.75, 3.05) is 5.73 Å². The fraction of sp³-hybridized carbons (Fsp3) is 0.300. The Morgan fingerprint density at radius 3 is 3.00 bits per heavy atom. The van der Waals surface area contributed by atoms with Gasteiger partial charge in [0.1, 0.15) is 6.54 Å². The number of nitrogen functional groups attached to an aromatic ring is 1. The molecule has 0 spiro atoms. The number of nitrogens with two attached hydrogens (primary N) is 1. The van der Waals surface area contributed by atoms with E-state index in [1.807, 2.05) is 19.3 Å². The molecule has 2 heterocycles. The van der Waals surface area contributed by atoms with Crippen molar-refractivity contribution < 1.29 is 4.79 Å². The van der Waals surface area contributed by atoms with Crippen LogP contribution in [0.5, 0.6) is 0 Å². The second-order valence-electron chi connectivity index (χ2n) is 3.73. The third-order valence-electron chi connectivity index (χ3n) is 2.19. The molecule has 7 heteroatoms. The van der Waals surface area contributed by atoms with E-state index < -0.39 is 0 Å². The number of aryl methyl sites for hydroxylation is 1. The number of hydrogen-bond acceptors (Lipinski definition) is 4. The predicted molar refractivity (Wildman–Crippen MR) is 61.7 cm³/mol. The van der Waals surface area contributed by atoms with Crippen LogP contribution in [0, 0.1) is 0 Å². The van der Waals surface area contributed by atoms with Gasteiger partial charge in [0.15, 0.2) is 0 Å². The largest absolute Gasteiger partial charge is 0.396 e. The molecule has 0 saturated heterocycles. The molecule has 17 heavy (non-hydrogen) atoms. The number of carbonyl (C=O) groups excluding carboxylic acids is 1. The highest BCUT2D eigenvalue weighted by Crippen LogP contribution is 1.97. The number of rotatable bonds is 4. The molecule has 2 rings (SSSR count). The Bertz CT molecular complexity index is 514. The van der Waals surface area contributed by atoms with Gasteiger partial charge in [0.25, 0.3) is 0 Å². The highest BCUT2D eigenvalue weighted by molar-refractivity contribution is 5.75. The molecule has 0 aliphatic rings. The predicted octanol–water partition coefficient (Wildman–Crippen LogP) is -0.485. The van der Waals surface area contributed by atoms with Crippen LogP contribution in [-0.4, -0.2) is 25.5 Å². The molecule has 0 unspecified atom stereocenters. The lowest BCUT2D eigenvalue weighted by atomic mass is 10.4. The number of nitrogens with one attached hydrogen (secondary N) is 1. The average molecular weight is 234 g/mol. The molecule has 1 amide bonds. The normalized spacial score (nSPS) is 10.4. The van der Waals surface area contributed by atoms with Crippen LogP contribution in [0.3, 0.4) is 0 Å². The molecule has 0 radical (unpaired) electrons. The summed E-state index contributed by atoms with van der Waals surface area (Å²) in [7, 11) is 1.83. The van der Waals surface area contributed by atoms with Crippen molar-refractivity contribution in [2.45, 2.75) is 13.1 Å². The Morgan fingerprint density at radius 2 is 2.41 bits per heavy atom. The van der Waals surface area contributed by atoms with Gasteiger partial charge < -0.3 is 11.1 Å². The van der Waals surface area contributed by atoms with Gasteiger partial charge >= 0.3 is 0 Å². The molecular formula is C10H14N6O. The van der Waals surface area contributed by atoms with Gasteiger partial charge in [-0.2, -0.15) is 10.2 Å². The summed E-state index contributed by atoms with van der Waals surface area (Å²) >= 11 is 0. The lowest BCUT2D eigenvalue weighted by Crippen LogP contribution is -2.27. The first-order chi connectivity index (χ1) is 8.13. The molecule has 0 bridgehead atoms. The quantitative estimate of drug-likeness (QED) is 0.747. The molecule has 7 nitrogen and oxygen atoms in total. The van der Waals surface area contributed by atoms with E-state index in [0.29, 0.717) is 12.2 Å². The Hall–Kier alpha value is -2.31. The fourth-order valence-electron chi connectivity index (χ4n) is 1.42. The highest BCUT2D eigenvalue weighted by Gasteiger charge is 2.04. The number of anilines is 1. The Kier molecular flexibility index (Phi) is 3.08. The van der Waals surface area contributed by atoms with Crippen LogP contribution in [0.4, 0.5) is 5.69 Å². The first-order valence-electron chi connectivity index (χ1n) is 5.16. The van der Waals surface area contributed by atoms with E-state index in [1.54, 1.807) is 10.9 Å². The molecule has 3 N–H and O–H groups in total.